The van der Waals surface area contributed by atoms with Crippen molar-refractivity contribution in [2.45, 2.75) is 31.3 Å². The number of rotatable bonds is 2. The molecule has 2 aliphatic rings. The Hall–Kier alpha value is -1.75. The quantitative estimate of drug-likeness (QED) is 0.855. The highest BCUT2D eigenvalue weighted by molar-refractivity contribution is 7.99. The van der Waals surface area contributed by atoms with Gasteiger partial charge in [0.05, 0.1) is 10.6 Å². The van der Waals surface area contributed by atoms with Crippen molar-refractivity contribution in [3.8, 4) is 0 Å². The molecule has 1 atom stereocenters. The monoisotopic (exact) mass is 313 g/mol. The smallest absolute Gasteiger partial charge is 0.171 e. The number of aromatic nitrogens is 3. The van der Waals surface area contributed by atoms with Crippen molar-refractivity contribution >= 4 is 23.6 Å². The molecule has 0 aromatic carbocycles. The van der Waals surface area contributed by atoms with E-state index in [4.69, 9.17) is 0 Å². The molecule has 0 spiro atoms. The number of nitrogens with zero attached hydrogens (tertiary/aromatic N) is 3. The second kappa shape index (κ2) is 5.16. The summed E-state index contributed by atoms with van der Waals surface area (Å²) in [7, 11) is 2.08. The standard InChI is InChI=1S/C17H19N3OS/c1-11-18-7-8-20(11)9-12-10-22-17-15(16(12)21)13-5-3-4-6-14(13)19(17)2/h4,6-8,12H,3,5,9-10H2,1-2H3. The fourth-order valence-corrected chi connectivity index (χ4v) is 4.75. The highest BCUT2D eigenvalue weighted by Crippen LogP contribution is 2.40. The van der Waals surface area contributed by atoms with Gasteiger partial charge in [-0.2, -0.15) is 0 Å². The van der Waals surface area contributed by atoms with Gasteiger partial charge in [-0.25, -0.2) is 4.98 Å². The first kappa shape index (κ1) is 13.9. The molecule has 4 rings (SSSR count). The van der Waals surface area contributed by atoms with Crippen LogP contribution >= 0.6 is 11.8 Å². The Balaban J connectivity index is 1.71. The van der Waals surface area contributed by atoms with Crippen molar-refractivity contribution in [1.29, 1.82) is 0 Å². The van der Waals surface area contributed by atoms with E-state index in [1.807, 2.05) is 24.9 Å². The van der Waals surface area contributed by atoms with Crippen LogP contribution in [0.15, 0.2) is 23.5 Å². The van der Waals surface area contributed by atoms with Crippen molar-refractivity contribution in [1.82, 2.24) is 14.1 Å². The van der Waals surface area contributed by atoms with Crippen molar-refractivity contribution in [3.63, 3.8) is 0 Å². The number of thioether (sulfide) groups is 1. The van der Waals surface area contributed by atoms with Crippen molar-refractivity contribution in [3.05, 3.63) is 41.1 Å². The SMILES string of the molecule is Cc1nccn1CC1CSc2c(c3c(n2C)C=CCC3)C1=O. The van der Waals surface area contributed by atoms with Gasteiger partial charge >= 0.3 is 0 Å². The summed E-state index contributed by atoms with van der Waals surface area (Å²) in [5.74, 6) is 2.18. The molecular weight excluding hydrogens is 294 g/mol. The first-order valence-electron chi connectivity index (χ1n) is 7.69. The zero-order valence-corrected chi connectivity index (χ0v) is 13.7. The molecule has 5 heteroatoms. The molecule has 0 fully saturated rings. The third-order valence-electron chi connectivity index (χ3n) is 4.71. The van der Waals surface area contributed by atoms with Gasteiger partial charge in [0.1, 0.15) is 5.82 Å². The van der Waals surface area contributed by atoms with Crippen LogP contribution in [0.4, 0.5) is 0 Å². The van der Waals surface area contributed by atoms with Crippen molar-refractivity contribution < 1.29 is 4.79 Å². The minimum absolute atomic E-state index is 0.0443. The number of hydrogen-bond acceptors (Lipinski definition) is 3. The lowest BCUT2D eigenvalue weighted by Crippen LogP contribution is -2.27. The minimum Gasteiger partial charge on any atom is -0.339 e. The summed E-state index contributed by atoms with van der Waals surface area (Å²) in [6.45, 7) is 2.72. The lowest BCUT2D eigenvalue weighted by molar-refractivity contribution is 0.0913. The van der Waals surface area contributed by atoms with Gasteiger partial charge in [-0.15, -0.1) is 11.8 Å². The molecule has 22 heavy (non-hydrogen) atoms. The Morgan fingerprint density at radius 3 is 3.09 bits per heavy atom. The van der Waals surface area contributed by atoms with E-state index in [-0.39, 0.29) is 5.92 Å². The van der Waals surface area contributed by atoms with Gasteiger partial charge in [0, 0.05) is 43.4 Å². The maximum atomic E-state index is 13.1. The van der Waals surface area contributed by atoms with Gasteiger partial charge in [0.2, 0.25) is 0 Å². The first-order chi connectivity index (χ1) is 10.7. The predicted molar refractivity (Wildman–Crippen MR) is 88.3 cm³/mol. The van der Waals surface area contributed by atoms with E-state index in [0.29, 0.717) is 5.78 Å². The topological polar surface area (TPSA) is 39.8 Å². The Labute approximate surface area is 134 Å². The Morgan fingerprint density at radius 1 is 1.45 bits per heavy atom. The van der Waals surface area contributed by atoms with E-state index in [0.717, 1.165) is 41.6 Å². The van der Waals surface area contributed by atoms with Crippen LogP contribution in [0.2, 0.25) is 0 Å². The van der Waals surface area contributed by atoms with Gasteiger partial charge in [0.15, 0.2) is 5.78 Å². The molecule has 0 bridgehead atoms. The number of ketones is 1. The maximum absolute atomic E-state index is 13.1. The van der Waals surface area contributed by atoms with E-state index < -0.39 is 0 Å². The zero-order chi connectivity index (χ0) is 15.3. The average Bonchev–Trinajstić information content (AvgIpc) is 3.05. The molecule has 2 aromatic rings. The molecule has 1 unspecified atom stereocenters. The van der Waals surface area contributed by atoms with Crippen LogP contribution in [0.25, 0.3) is 6.08 Å². The van der Waals surface area contributed by atoms with Crippen LogP contribution in [0.1, 0.15) is 33.9 Å². The second-order valence-electron chi connectivity index (χ2n) is 6.04. The van der Waals surface area contributed by atoms with Crippen LogP contribution in [0.5, 0.6) is 0 Å². The average molecular weight is 313 g/mol. The number of imidazole rings is 1. The maximum Gasteiger partial charge on any atom is 0.171 e. The lowest BCUT2D eigenvalue weighted by Gasteiger charge is -2.23. The van der Waals surface area contributed by atoms with E-state index >= 15 is 0 Å². The second-order valence-corrected chi connectivity index (χ2v) is 7.05. The minimum atomic E-state index is 0.0443. The number of carbonyl (C=O) groups is 1. The van der Waals surface area contributed by atoms with E-state index in [1.54, 1.807) is 6.20 Å². The fourth-order valence-electron chi connectivity index (χ4n) is 3.48. The van der Waals surface area contributed by atoms with Crippen LogP contribution < -0.4 is 0 Å². The molecule has 0 amide bonds. The molecule has 114 valence electrons. The van der Waals surface area contributed by atoms with Gasteiger partial charge in [-0.1, -0.05) is 6.08 Å². The van der Waals surface area contributed by atoms with E-state index in [1.165, 1.54) is 11.3 Å². The molecule has 0 radical (unpaired) electrons. The molecule has 0 N–H and O–H groups in total. The summed E-state index contributed by atoms with van der Waals surface area (Å²) in [5.41, 5.74) is 3.46. The van der Waals surface area contributed by atoms with Crippen LogP contribution in [-0.2, 0) is 20.0 Å². The molecule has 1 aliphatic heterocycles. The largest absolute Gasteiger partial charge is 0.339 e. The van der Waals surface area contributed by atoms with E-state index in [2.05, 4.69) is 33.3 Å². The van der Waals surface area contributed by atoms with Crippen LogP contribution in [-0.4, -0.2) is 25.7 Å². The van der Waals surface area contributed by atoms with Gasteiger partial charge in [0.25, 0.3) is 0 Å². The van der Waals surface area contributed by atoms with Gasteiger partial charge < -0.3 is 9.13 Å². The number of Topliss-reactive ketones (excluding diaryl/α,β-unsaturated/α-hetero) is 1. The van der Waals surface area contributed by atoms with Crippen LogP contribution in [0, 0.1) is 12.8 Å². The van der Waals surface area contributed by atoms with Crippen LogP contribution in [0.3, 0.4) is 0 Å². The molecular formula is C17H19N3OS. The molecule has 2 aromatic heterocycles. The summed E-state index contributed by atoms with van der Waals surface area (Å²) < 4.78 is 4.28. The number of carbonyl (C=O) groups excluding carboxylic acids is 1. The molecule has 3 heterocycles. The van der Waals surface area contributed by atoms with Crippen molar-refractivity contribution in [2.24, 2.45) is 13.0 Å². The summed E-state index contributed by atoms with van der Waals surface area (Å²) in [6.07, 6.45) is 10.2. The predicted octanol–water partition coefficient (Wildman–Crippen LogP) is 3.09. The fraction of sp³-hybridized carbons (Fsp3) is 0.412. The third kappa shape index (κ3) is 1.99. The third-order valence-corrected chi connectivity index (χ3v) is 6.03. The summed E-state index contributed by atoms with van der Waals surface area (Å²) in [4.78, 5) is 17.3. The van der Waals surface area contributed by atoms with Crippen molar-refractivity contribution in [2.75, 3.05) is 5.75 Å². The van der Waals surface area contributed by atoms with E-state index in [9.17, 15) is 4.79 Å². The Morgan fingerprint density at radius 2 is 2.32 bits per heavy atom. The summed E-state index contributed by atoms with van der Waals surface area (Å²) >= 11 is 1.82. The highest BCUT2D eigenvalue weighted by atomic mass is 32.2. The molecule has 1 aliphatic carbocycles. The molecule has 0 saturated carbocycles. The number of fused-ring (bicyclic) bond motifs is 3. The van der Waals surface area contributed by atoms with Gasteiger partial charge in [-0.05, 0) is 31.4 Å². The highest BCUT2D eigenvalue weighted by Gasteiger charge is 2.35. The van der Waals surface area contributed by atoms with Gasteiger partial charge in [-0.3, -0.25) is 4.79 Å². The number of allylic oxidation sites excluding steroid dienone is 1. The summed E-state index contributed by atoms with van der Waals surface area (Å²) in [6, 6.07) is 0. The molecule has 0 saturated heterocycles. The lowest BCUT2D eigenvalue weighted by atomic mass is 9.93. The molecule has 4 nitrogen and oxygen atoms in total. The first-order valence-corrected chi connectivity index (χ1v) is 8.68. The number of hydrogen-bond donors (Lipinski definition) is 0. The number of aryl methyl sites for hydroxylation is 1. The zero-order valence-electron chi connectivity index (χ0n) is 12.9. The summed E-state index contributed by atoms with van der Waals surface area (Å²) in [5, 5.41) is 1.15. The Bertz CT molecular complexity index is 784. The normalized spacial score (nSPS) is 20.1. The Kier molecular flexibility index (Phi) is 3.26.